The molecule has 0 aliphatic rings. The summed E-state index contributed by atoms with van der Waals surface area (Å²) in [6.07, 6.45) is 1.60. The van der Waals surface area contributed by atoms with Crippen molar-refractivity contribution >= 4 is 5.69 Å². The summed E-state index contributed by atoms with van der Waals surface area (Å²) in [7, 11) is 0. The van der Waals surface area contributed by atoms with Gasteiger partial charge in [0.1, 0.15) is 17.7 Å². The van der Waals surface area contributed by atoms with Crippen LogP contribution in [0.5, 0.6) is 5.75 Å². The third-order valence-corrected chi connectivity index (χ3v) is 2.47. The molecule has 0 bridgehead atoms. The molecule has 0 fully saturated rings. The molecule has 0 amide bonds. The Bertz CT molecular complexity index is 539. The van der Waals surface area contributed by atoms with Crippen LogP contribution in [0, 0.1) is 0 Å². The van der Waals surface area contributed by atoms with E-state index in [-0.39, 0.29) is 11.2 Å². The van der Waals surface area contributed by atoms with Crippen LogP contribution in [-0.4, -0.2) is 10.1 Å². The first-order valence-corrected chi connectivity index (χ1v) is 5.43. The van der Waals surface area contributed by atoms with Crippen LogP contribution >= 0.6 is 0 Å². The Hall–Kier alpha value is -1.97. The lowest BCUT2D eigenvalue weighted by Crippen LogP contribution is -2.11. The Kier molecular flexibility index (Phi) is 2.58. The van der Waals surface area contributed by atoms with Gasteiger partial charge in [-0.05, 0) is 18.2 Å². The molecule has 4 heteroatoms. The SMILES string of the molecule is CC(C)(C)c1nc(-c2ccc(O)c(N)c2)co1. The molecule has 0 saturated heterocycles. The summed E-state index contributed by atoms with van der Waals surface area (Å²) >= 11 is 0. The molecular weight excluding hydrogens is 216 g/mol. The van der Waals surface area contributed by atoms with Gasteiger partial charge < -0.3 is 15.3 Å². The Morgan fingerprint density at radius 3 is 2.53 bits per heavy atom. The maximum Gasteiger partial charge on any atom is 0.199 e. The first kappa shape index (κ1) is 11.5. The molecule has 90 valence electrons. The Labute approximate surface area is 100 Å². The van der Waals surface area contributed by atoms with E-state index in [4.69, 9.17) is 10.2 Å². The zero-order chi connectivity index (χ0) is 12.6. The van der Waals surface area contributed by atoms with Crippen molar-refractivity contribution in [3.8, 4) is 17.0 Å². The van der Waals surface area contributed by atoms with E-state index in [0.717, 1.165) is 11.3 Å². The number of aromatic hydroxyl groups is 1. The zero-order valence-corrected chi connectivity index (χ0v) is 10.2. The standard InChI is InChI=1S/C13H16N2O2/c1-13(2,3)12-15-10(7-17-12)8-4-5-11(16)9(14)6-8/h4-7,16H,14H2,1-3H3. The van der Waals surface area contributed by atoms with Crippen molar-refractivity contribution in [1.82, 2.24) is 4.98 Å². The lowest BCUT2D eigenvalue weighted by molar-refractivity contribution is 0.392. The van der Waals surface area contributed by atoms with Crippen LogP contribution in [0.15, 0.2) is 28.9 Å². The molecule has 0 spiro atoms. The van der Waals surface area contributed by atoms with Crippen LogP contribution < -0.4 is 5.73 Å². The number of benzene rings is 1. The molecule has 0 unspecified atom stereocenters. The summed E-state index contributed by atoms with van der Waals surface area (Å²) < 4.78 is 5.44. The van der Waals surface area contributed by atoms with Gasteiger partial charge in [0.05, 0.1) is 5.69 Å². The molecule has 2 rings (SSSR count). The van der Waals surface area contributed by atoms with Crippen LogP contribution in [-0.2, 0) is 5.41 Å². The van der Waals surface area contributed by atoms with E-state index >= 15 is 0 Å². The highest BCUT2D eigenvalue weighted by Crippen LogP contribution is 2.29. The highest BCUT2D eigenvalue weighted by Gasteiger charge is 2.20. The van der Waals surface area contributed by atoms with Crippen LogP contribution in [0.3, 0.4) is 0 Å². The quantitative estimate of drug-likeness (QED) is 0.585. The number of hydrogen-bond donors (Lipinski definition) is 2. The number of nitrogens with zero attached hydrogens (tertiary/aromatic N) is 1. The lowest BCUT2D eigenvalue weighted by atomic mass is 9.97. The van der Waals surface area contributed by atoms with Gasteiger partial charge in [0, 0.05) is 11.0 Å². The van der Waals surface area contributed by atoms with Crippen molar-refractivity contribution < 1.29 is 9.52 Å². The van der Waals surface area contributed by atoms with Crippen molar-refractivity contribution in [2.75, 3.05) is 5.73 Å². The molecule has 1 aromatic heterocycles. The van der Waals surface area contributed by atoms with Gasteiger partial charge >= 0.3 is 0 Å². The minimum Gasteiger partial charge on any atom is -0.506 e. The molecule has 0 saturated carbocycles. The van der Waals surface area contributed by atoms with E-state index in [2.05, 4.69) is 4.98 Å². The van der Waals surface area contributed by atoms with Gasteiger partial charge in [0.2, 0.25) is 0 Å². The second kappa shape index (κ2) is 3.80. The molecule has 3 N–H and O–H groups in total. The topological polar surface area (TPSA) is 72.3 Å². The molecule has 4 nitrogen and oxygen atoms in total. The van der Waals surface area contributed by atoms with Gasteiger partial charge in [-0.1, -0.05) is 20.8 Å². The number of phenolic OH excluding ortho intramolecular Hbond substituents is 1. The Morgan fingerprint density at radius 2 is 2.00 bits per heavy atom. The predicted octanol–water partition coefficient (Wildman–Crippen LogP) is 2.93. The summed E-state index contributed by atoms with van der Waals surface area (Å²) in [5.74, 6) is 0.757. The number of rotatable bonds is 1. The van der Waals surface area contributed by atoms with Crippen LogP contribution in [0.1, 0.15) is 26.7 Å². The first-order valence-electron chi connectivity index (χ1n) is 5.43. The summed E-state index contributed by atoms with van der Waals surface area (Å²) in [4.78, 5) is 4.42. The third kappa shape index (κ3) is 2.25. The number of phenols is 1. The first-order chi connectivity index (χ1) is 7.88. The van der Waals surface area contributed by atoms with Gasteiger partial charge in [-0.2, -0.15) is 0 Å². The minimum atomic E-state index is -0.124. The normalized spacial score (nSPS) is 11.7. The van der Waals surface area contributed by atoms with Gasteiger partial charge in [-0.25, -0.2) is 4.98 Å². The fourth-order valence-electron chi connectivity index (χ4n) is 1.46. The highest BCUT2D eigenvalue weighted by atomic mass is 16.3. The monoisotopic (exact) mass is 232 g/mol. The molecule has 0 aliphatic heterocycles. The van der Waals surface area contributed by atoms with E-state index in [1.54, 1.807) is 24.5 Å². The third-order valence-electron chi connectivity index (χ3n) is 2.47. The molecule has 1 aromatic carbocycles. The molecule has 17 heavy (non-hydrogen) atoms. The van der Waals surface area contributed by atoms with E-state index in [1.807, 2.05) is 20.8 Å². The minimum absolute atomic E-state index is 0.0771. The summed E-state index contributed by atoms with van der Waals surface area (Å²) in [6, 6.07) is 4.99. The van der Waals surface area contributed by atoms with Crippen LogP contribution in [0.25, 0.3) is 11.3 Å². The van der Waals surface area contributed by atoms with Gasteiger partial charge in [0.25, 0.3) is 0 Å². The summed E-state index contributed by atoms with van der Waals surface area (Å²) in [6.45, 7) is 6.11. The van der Waals surface area contributed by atoms with Gasteiger partial charge in [-0.15, -0.1) is 0 Å². The number of oxazole rings is 1. The highest BCUT2D eigenvalue weighted by molar-refractivity contribution is 5.67. The van der Waals surface area contributed by atoms with Crippen molar-refractivity contribution in [3.63, 3.8) is 0 Å². The molecule has 0 aliphatic carbocycles. The van der Waals surface area contributed by atoms with Crippen molar-refractivity contribution in [3.05, 3.63) is 30.4 Å². The number of nitrogens with two attached hydrogens (primary N) is 1. The summed E-state index contributed by atoms with van der Waals surface area (Å²) in [5, 5.41) is 9.36. The van der Waals surface area contributed by atoms with Crippen molar-refractivity contribution in [1.29, 1.82) is 0 Å². The van der Waals surface area contributed by atoms with Crippen LogP contribution in [0.2, 0.25) is 0 Å². The Morgan fingerprint density at radius 1 is 1.29 bits per heavy atom. The van der Waals surface area contributed by atoms with Crippen LogP contribution in [0.4, 0.5) is 5.69 Å². The second-order valence-electron chi connectivity index (χ2n) is 5.06. The average molecular weight is 232 g/mol. The number of nitrogen functional groups attached to an aromatic ring is 1. The molecule has 0 atom stereocenters. The predicted molar refractivity (Wildman–Crippen MR) is 66.7 cm³/mol. The Balaban J connectivity index is 2.40. The molecule has 2 aromatic rings. The van der Waals surface area contributed by atoms with E-state index in [1.165, 1.54) is 0 Å². The van der Waals surface area contributed by atoms with E-state index < -0.39 is 0 Å². The van der Waals surface area contributed by atoms with Crippen molar-refractivity contribution in [2.24, 2.45) is 0 Å². The fourth-order valence-corrected chi connectivity index (χ4v) is 1.46. The lowest BCUT2D eigenvalue weighted by Gasteiger charge is -2.11. The summed E-state index contributed by atoms with van der Waals surface area (Å²) in [5.41, 5.74) is 7.41. The van der Waals surface area contributed by atoms with Gasteiger partial charge in [-0.3, -0.25) is 0 Å². The molecular formula is C13H16N2O2. The number of hydrogen-bond acceptors (Lipinski definition) is 4. The molecule has 0 radical (unpaired) electrons. The van der Waals surface area contributed by atoms with Gasteiger partial charge in [0.15, 0.2) is 5.89 Å². The maximum absolute atomic E-state index is 9.36. The largest absolute Gasteiger partial charge is 0.506 e. The second-order valence-corrected chi connectivity index (χ2v) is 5.06. The average Bonchev–Trinajstić information content (AvgIpc) is 2.70. The number of anilines is 1. The zero-order valence-electron chi connectivity index (χ0n) is 10.2. The maximum atomic E-state index is 9.36. The van der Waals surface area contributed by atoms with E-state index in [0.29, 0.717) is 11.6 Å². The van der Waals surface area contributed by atoms with E-state index in [9.17, 15) is 5.11 Å². The fraction of sp³-hybridized carbons (Fsp3) is 0.308. The molecule has 1 heterocycles. The number of aromatic nitrogens is 1. The van der Waals surface area contributed by atoms with Crippen molar-refractivity contribution in [2.45, 2.75) is 26.2 Å². The smallest absolute Gasteiger partial charge is 0.199 e.